The SMILES string of the molecule is C#CC=C1CCCC1. The summed E-state index contributed by atoms with van der Waals surface area (Å²) in [6, 6.07) is 0. The minimum atomic E-state index is 1.24. The normalized spacial score (nSPS) is 18.1. The van der Waals surface area contributed by atoms with E-state index in [0.29, 0.717) is 0 Å². The van der Waals surface area contributed by atoms with Crippen molar-refractivity contribution in [2.75, 3.05) is 0 Å². The maximum absolute atomic E-state index is 5.08. The number of hydrogen-bond donors (Lipinski definition) is 0. The first-order valence-corrected chi connectivity index (χ1v) is 3.07. The van der Waals surface area contributed by atoms with Gasteiger partial charge in [-0.25, -0.2) is 0 Å². The molecule has 0 aromatic carbocycles. The van der Waals surface area contributed by atoms with E-state index >= 15 is 0 Å². The summed E-state index contributed by atoms with van der Waals surface area (Å²) in [6.07, 6.45) is 12.2. The van der Waals surface area contributed by atoms with Crippen LogP contribution < -0.4 is 0 Å². The van der Waals surface area contributed by atoms with Crippen molar-refractivity contribution in [1.82, 2.24) is 0 Å². The molecule has 0 heteroatoms. The maximum atomic E-state index is 5.08. The minimum Gasteiger partial charge on any atom is -0.115 e. The molecule has 42 valence electrons. The van der Waals surface area contributed by atoms with Crippen molar-refractivity contribution >= 4 is 0 Å². The summed E-state index contributed by atoms with van der Waals surface area (Å²) in [5.74, 6) is 2.55. The van der Waals surface area contributed by atoms with Gasteiger partial charge in [-0.2, -0.15) is 0 Å². The quantitative estimate of drug-likeness (QED) is 0.415. The molecule has 0 aromatic heterocycles. The largest absolute Gasteiger partial charge is 0.115 e. The Morgan fingerprint density at radius 2 is 2.00 bits per heavy atom. The summed E-state index contributed by atoms with van der Waals surface area (Å²) in [5, 5.41) is 0. The molecule has 0 N–H and O–H groups in total. The van der Waals surface area contributed by atoms with Gasteiger partial charge in [0.15, 0.2) is 0 Å². The van der Waals surface area contributed by atoms with Crippen molar-refractivity contribution < 1.29 is 0 Å². The molecule has 0 nitrogen and oxygen atoms in total. The molecule has 0 bridgehead atoms. The molecule has 1 saturated carbocycles. The fraction of sp³-hybridized carbons (Fsp3) is 0.500. The molecule has 1 fully saturated rings. The first-order valence-electron chi connectivity index (χ1n) is 3.07. The second kappa shape index (κ2) is 2.57. The van der Waals surface area contributed by atoms with Crippen molar-refractivity contribution in [3.8, 4) is 12.3 Å². The van der Waals surface area contributed by atoms with Crippen molar-refractivity contribution in [3.63, 3.8) is 0 Å². The van der Waals surface area contributed by atoms with E-state index in [1.165, 1.54) is 31.3 Å². The predicted octanol–water partition coefficient (Wildman–Crippen LogP) is 2.12. The molecule has 1 aliphatic carbocycles. The van der Waals surface area contributed by atoms with Crippen LogP contribution >= 0.6 is 0 Å². The van der Waals surface area contributed by atoms with E-state index in [9.17, 15) is 0 Å². The smallest absolute Gasteiger partial charge is 0.0130 e. The van der Waals surface area contributed by atoms with Gasteiger partial charge in [-0.3, -0.25) is 0 Å². The van der Waals surface area contributed by atoms with Gasteiger partial charge in [-0.05, 0) is 31.8 Å². The Kier molecular flexibility index (Phi) is 1.75. The third kappa shape index (κ3) is 1.13. The van der Waals surface area contributed by atoms with E-state index in [4.69, 9.17) is 6.42 Å². The molecular formula is C8H10. The van der Waals surface area contributed by atoms with E-state index in [2.05, 4.69) is 5.92 Å². The van der Waals surface area contributed by atoms with Crippen LogP contribution in [0.5, 0.6) is 0 Å². The Morgan fingerprint density at radius 3 is 2.50 bits per heavy atom. The zero-order chi connectivity index (χ0) is 5.82. The van der Waals surface area contributed by atoms with Crippen LogP contribution in [0.25, 0.3) is 0 Å². The lowest BCUT2D eigenvalue weighted by atomic mass is 10.2. The fourth-order valence-electron chi connectivity index (χ4n) is 1.09. The van der Waals surface area contributed by atoms with Crippen LogP contribution in [0, 0.1) is 12.3 Å². The highest BCUT2D eigenvalue weighted by atomic mass is 14.1. The standard InChI is InChI=1S/C8H10/c1-2-5-8-6-3-4-7-8/h1,5H,3-4,6-7H2. The van der Waals surface area contributed by atoms with Crippen LogP contribution in [0.15, 0.2) is 11.6 Å². The van der Waals surface area contributed by atoms with Gasteiger partial charge in [0.05, 0.1) is 0 Å². The minimum absolute atomic E-state index is 1.24. The van der Waals surface area contributed by atoms with E-state index in [0.717, 1.165) is 0 Å². The molecule has 8 heavy (non-hydrogen) atoms. The highest BCUT2D eigenvalue weighted by Gasteiger charge is 2.03. The van der Waals surface area contributed by atoms with Gasteiger partial charge in [-0.15, -0.1) is 6.42 Å². The molecule has 0 aliphatic heterocycles. The molecule has 0 spiro atoms. The molecule has 1 aliphatic rings. The average molecular weight is 106 g/mol. The number of allylic oxidation sites excluding steroid dienone is 2. The average Bonchev–Trinajstić information content (AvgIpc) is 2.19. The molecule has 0 heterocycles. The molecule has 1 rings (SSSR count). The second-order valence-electron chi connectivity index (χ2n) is 2.18. The summed E-state index contributed by atoms with van der Waals surface area (Å²) < 4.78 is 0. The van der Waals surface area contributed by atoms with Crippen LogP contribution in [0.2, 0.25) is 0 Å². The summed E-state index contributed by atoms with van der Waals surface area (Å²) in [6.45, 7) is 0. The van der Waals surface area contributed by atoms with Crippen LogP contribution in [-0.2, 0) is 0 Å². The Balaban J connectivity index is 2.48. The maximum Gasteiger partial charge on any atom is -0.0130 e. The molecule has 0 radical (unpaired) electrons. The first-order chi connectivity index (χ1) is 3.93. The number of hydrogen-bond acceptors (Lipinski definition) is 0. The van der Waals surface area contributed by atoms with Crippen LogP contribution in [0.3, 0.4) is 0 Å². The zero-order valence-corrected chi connectivity index (χ0v) is 4.98. The third-order valence-corrected chi connectivity index (χ3v) is 1.53. The van der Waals surface area contributed by atoms with Crippen LogP contribution in [-0.4, -0.2) is 0 Å². The Labute approximate surface area is 50.6 Å². The van der Waals surface area contributed by atoms with Gasteiger partial charge in [0.25, 0.3) is 0 Å². The van der Waals surface area contributed by atoms with Gasteiger partial charge < -0.3 is 0 Å². The predicted molar refractivity (Wildman–Crippen MR) is 35.4 cm³/mol. The number of rotatable bonds is 0. The van der Waals surface area contributed by atoms with E-state index in [1.807, 2.05) is 6.08 Å². The molecule has 0 saturated heterocycles. The Morgan fingerprint density at radius 1 is 1.38 bits per heavy atom. The Bertz CT molecular complexity index is 127. The van der Waals surface area contributed by atoms with Crippen molar-refractivity contribution in [2.24, 2.45) is 0 Å². The Hall–Kier alpha value is -0.700. The van der Waals surface area contributed by atoms with Crippen LogP contribution in [0.4, 0.5) is 0 Å². The highest BCUT2D eigenvalue weighted by Crippen LogP contribution is 2.22. The third-order valence-electron chi connectivity index (χ3n) is 1.53. The topological polar surface area (TPSA) is 0 Å². The van der Waals surface area contributed by atoms with E-state index < -0.39 is 0 Å². The highest BCUT2D eigenvalue weighted by molar-refractivity contribution is 5.19. The zero-order valence-electron chi connectivity index (χ0n) is 4.98. The van der Waals surface area contributed by atoms with Crippen molar-refractivity contribution in [1.29, 1.82) is 0 Å². The summed E-state index contributed by atoms with van der Waals surface area (Å²) in [4.78, 5) is 0. The molecule has 0 amide bonds. The van der Waals surface area contributed by atoms with Gasteiger partial charge in [0, 0.05) is 0 Å². The molecule has 0 aromatic rings. The van der Waals surface area contributed by atoms with E-state index in [-0.39, 0.29) is 0 Å². The van der Waals surface area contributed by atoms with E-state index in [1.54, 1.807) is 0 Å². The lowest BCUT2D eigenvalue weighted by Crippen LogP contribution is -1.66. The summed E-state index contributed by atoms with van der Waals surface area (Å²) in [7, 11) is 0. The molecule has 0 unspecified atom stereocenters. The second-order valence-corrected chi connectivity index (χ2v) is 2.18. The number of terminal acetylenes is 1. The van der Waals surface area contributed by atoms with Crippen molar-refractivity contribution in [2.45, 2.75) is 25.7 Å². The van der Waals surface area contributed by atoms with Crippen LogP contribution in [0.1, 0.15) is 25.7 Å². The summed E-state index contributed by atoms with van der Waals surface area (Å²) in [5.41, 5.74) is 1.47. The van der Waals surface area contributed by atoms with Crippen molar-refractivity contribution in [3.05, 3.63) is 11.6 Å². The van der Waals surface area contributed by atoms with Gasteiger partial charge in [0.1, 0.15) is 0 Å². The lowest BCUT2D eigenvalue weighted by Gasteiger charge is -1.85. The van der Waals surface area contributed by atoms with Gasteiger partial charge >= 0.3 is 0 Å². The lowest BCUT2D eigenvalue weighted by molar-refractivity contribution is 0.886. The van der Waals surface area contributed by atoms with Gasteiger partial charge in [-0.1, -0.05) is 11.5 Å². The monoisotopic (exact) mass is 106 g/mol. The first kappa shape index (κ1) is 5.44. The van der Waals surface area contributed by atoms with Gasteiger partial charge in [0.2, 0.25) is 0 Å². The molecular weight excluding hydrogens is 96.1 g/mol. The molecule has 0 atom stereocenters. The fourth-order valence-corrected chi connectivity index (χ4v) is 1.09. The summed E-state index contributed by atoms with van der Waals surface area (Å²) >= 11 is 0.